The Bertz CT molecular complexity index is 1430. The van der Waals surface area contributed by atoms with E-state index in [2.05, 4.69) is 65.5 Å². The summed E-state index contributed by atoms with van der Waals surface area (Å²) in [5.41, 5.74) is 1.60. The van der Waals surface area contributed by atoms with Crippen LogP contribution in [0.4, 0.5) is 14.5 Å². The van der Waals surface area contributed by atoms with E-state index in [4.69, 9.17) is 11.6 Å². The second-order valence-electron chi connectivity index (χ2n) is 10.5. The molecule has 216 valence electrons. The van der Waals surface area contributed by atoms with Crippen molar-refractivity contribution in [2.45, 2.75) is 25.2 Å². The van der Waals surface area contributed by atoms with Gasteiger partial charge in [0, 0.05) is 72.6 Å². The monoisotopic (exact) mass is 645 g/mol. The molecule has 0 bridgehead atoms. The van der Waals surface area contributed by atoms with E-state index in [-0.39, 0.29) is 18.7 Å². The van der Waals surface area contributed by atoms with E-state index in [0.29, 0.717) is 6.54 Å². The molecule has 1 fully saturated rings. The molecular formula is C29H31BrClF2N7O. The first kappa shape index (κ1) is 29.5. The maximum Gasteiger partial charge on any atom is 0.138 e. The van der Waals surface area contributed by atoms with E-state index < -0.39 is 17.2 Å². The number of aliphatic hydroxyl groups is 1. The van der Waals surface area contributed by atoms with Crippen molar-refractivity contribution in [3.05, 3.63) is 105 Å². The number of likely N-dealkylation sites (N-methyl/N-ethyl adjacent to an activating group) is 1. The first-order valence-corrected chi connectivity index (χ1v) is 14.4. The molecule has 41 heavy (non-hydrogen) atoms. The molecule has 5 rings (SSSR count). The fourth-order valence-corrected chi connectivity index (χ4v) is 6.15. The summed E-state index contributed by atoms with van der Waals surface area (Å²) in [4.78, 5) is 6.67. The fraction of sp³-hybridized carbons (Fsp3) is 0.345. The number of aromatic nitrogens is 4. The number of tetrazole rings is 1. The number of rotatable bonds is 10. The van der Waals surface area contributed by atoms with Crippen LogP contribution in [0.2, 0.25) is 5.02 Å². The van der Waals surface area contributed by atoms with E-state index in [9.17, 15) is 13.9 Å². The van der Waals surface area contributed by atoms with Crippen LogP contribution in [0.15, 0.2) is 71.5 Å². The van der Waals surface area contributed by atoms with Gasteiger partial charge in [0.2, 0.25) is 0 Å². The van der Waals surface area contributed by atoms with Gasteiger partial charge in [-0.1, -0.05) is 51.8 Å². The molecule has 4 aromatic rings. The summed E-state index contributed by atoms with van der Waals surface area (Å²) in [5, 5.41) is 23.4. The quantitative estimate of drug-likeness (QED) is 0.268. The number of hydrogen-bond acceptors (Lipinski definition) is 7. The molecule has 0 spiro atoms. The SMILES string of the molecule is CN(Cc1ccc(N2CCN(Cc3c(Cl)cccc3Br)CC2)cc1)CC(O)(Cn1cnnn1)c1ccc(F)cc1F. The van der Waals surface area contributed by atoms with E-state index in [1.54, 1.807) is 0 Å². The lowest BCUT2D eigenvalue weighted by Gasteiger charge is -2.36. The van der Waals surface area contributed by atoms with Crippen LogP contribution < -0.4 is 4.90 Å². The van der Waals surface area contributed by atoms with Gasteiger partial charge in [-0.25, -0.2) is 13.5 Å². The highest BCUT2D eigenvalue weighted by Crippen LogP contribution is 2.29. The Hall–Kier alpha value is -2.96. The molecule has 1 aromatic heterocycles. The van der Waals surface area contributed by atoms with Gasteiger partial charge in [-0.2, -0.15) is 0 Å². The van der Waals surface area contributed by atoms with Gasteiger partial charge in [-0.15, -0.1) is 5.10 Å². The zero-order chi connectivity index (χ0) is 29.0. The Morgan fingerprint density at radius 1 is 1.05 bits per heavy atom. The first-order valence-electron chi connectivity index (χ1n) is 13.3. The Labute approximate surface area is 251 Å². The van der Waals surface area contributed by atoms with Gasteiger partial charge in [0.1, 0.15) is 23.6 Å². The second kappa shape index (κ2) is 12.9. The highest BCUT2D eigenvalue weighted by atomic mass is 79.9. The van der Waals surface area contributed by atoms with Crippen LogP contribution in [-0.2, 0) is 25.2 Å². The largest absolute Gasteiger partial charge is 0.382 e. The van der Waals surface area contributed by atoms with Gasteiger partial charge >= 0.3 is 0 Å². The predicted octanol–water partition coefficient (Wildman–Crippen LogP) is 4.71. The third kappa shape index (κ3) is 7.28. The van der Waals surface area contributed by atoms with Gasteiger partial charge < -0.3 is 10.0 Å². The van der Waals surface area contributed by atoms with Crippen molar-refractivity contribution in [3.63, 3.8) is 0 Å². The van der Waals surface area contributed by atoms with E-state index in [1.165, 1.54) is 17.1 Å². The minimum absolute atomic E-state index is 0.0161. The number of benzene rings is 3. The van der Waals surface area contributed by atoms with Crippen molar-refractivity contribution in [2.24, 2.45) is 0 Å². The molecule has 1 saturated heterocycles. The maximum atomic E-state index is 14.7. The van der Waals surface area contributed by atoms with Crippen molar-refractivity contribution in [2.75, 3.05) is 44.7 Å². The van der Waals surface area contributed by atoms with Crippen molar-refractivity contribution in [1.29, 1.82) is 0 Å². The number of halogens is 4. The summed E-state index contributed by atoms with van der Waals surface area (Å²) >= 11 is 10.0. The molecule has 1 aliphatic heterocycles. The van der Waals surface area contributed by atoms with Gasteiger partial charge in [-0.3, -0.25) is 9.80 Å². The van der Waals surface area contributed by atoms with Crippen LogP contribution in [0.5, 0.6) is 0 Å². The molecule has 12 heteroatoms. The molecule has 1 N–H and O–H groups in total. The predicted molar refractivity (Wildman–Crippen MR) is 157 cm³/mol. The van der Waals surface area contributed by atoms with Crippen molar-refractivity contribution >= 4 is 33.2 Å². The molecular weight excluding hydrogens is 616 g/mol. The molecule has 3 aromatic carbocycles. The minimum Gasteiger partial charge on any atom is -0.382 e. The molecule has 0 aliphatic carbocycles. The molecule has 0 amide bonds. The summed E-state index contributed by atoms with van der Waals surface area (Å²) < 4.78 is 30.7. The maximum absolute atomic E-state index is 14.7. The number of nitrogens with zero attached hydrogens (tertiary/aromatic N) is 7. The lowest BCUT2D eigenvalue weighted by atomic mass is 9.92. The first-order chi connectivity index (χ1) is 19.7. The fourth-order valence-electron chi connectivity index (χ4n) is 5.31. The lowest BCUT2D eigenvalue weighted by molar-refractivity contribution is -0.0178. The van der Waals surface area contributed by atoms with E-state index in [1.807, 2.05) is 30.1 Å². The topological polar surface area (TPSA) is 73.6 Å². The molecule has 0 saturated carbocycles. The molecule has 8 nitrogen and oxygen atoms in total. The average Bonchev–Trinajstić information content (AvgIpc) is 3.44. The molecule has 0 radical (unpaired) electrons. The van der Waals surface area contributed by atoms with Gasteiger partial charge in [0.15, 0.2) is 0 Å². The van der Waals surface area contributed by atoms with Crippen LogP contribution in [-0.4, -0.2) is 74.9 Å². The summed E-state index contributed by atoms with van der Waals surface area (Å²) in [6, 6.07) is 17.4. The average molecular weight is 647 g/mol. The van der Waals surface area contributed by atoms with Crippen molar-refractivity contribution < 1.29 is 13.9 Å². The van der Waals surface area contributed by atoms with E-state index >= 15 is 0 Å². The third-order valence-electron chi connectivity index (χ3n) is 7.35. The number of anilines is 1. The van der Waals surface area contributed by atoms with Gasteiger partial charge in [0.25, 0.3) is 0 Å². The third-order valence-corrected chi connectivity index (χ3v) is 8.45. The molecule has 1 atom stereocenters. The highest BCUT2D eigenvalue weighted by molar-refractivity contribution is 9.10. The number of hydrogen-bond donors (Lipinski definition) is 1. The van der Waals surface area contributed by atoms with Crippen molar-refractivity contribution in [3.8, 4) is 0 Å². The summed E-state index contributed by atoms with van der Waals surface area (Å²) in [7, 11) is 1.84. The normalized spacial score (nSPS) is 15.8. The molecule has 1 unspecified atom stereocenters. The Balaban J connectivity index is 1.20. The summed E-state index contributed by atoms with van der Waals surface area (Å²) in [6.07, 6.45) is 1.35. The Morgan fingerprint density at radius 2 is 1.80 bits per heavy atom. The van der Waals surface area contributed by atoms with Crippen LogP contribution in [0.3, 0.4) is 0 Å². The smallest absolute Gasteiger partial charge is 0.138 e. The summed E-state index contributed by atoms with van der Waals surface area (Å²) in [5.74, 6) is -1.53. The molecule has 2 heterocycles. The number of piperazine rings is 1. The van der Waals surface area contributed by atoms with Crippen LogP contribution in [0.1, 0.15) is 16.7 Å². The van der Waals surface area contributed by atoms with Gasteiger partial charge in [0.05, 0.1) is 6.54 Å². The zero-order valence-electron chi connectivity index (χ0n) is 22.6. The van der Waals surface area contributed by atoms with Crippen LogP contribution in [0.25, 0.3) is 0 Å². The minimum atomic E-state index is -1.69. The van der Waals surface area contributed by atoms with Crippen LogP contribution >= 0.6 is 27.5 Å². The summed E-state index contributed by atoms with van der Waals surface area (Å²) in [6.45, 7) is 4.99. The Kier molecular flexibility index (Phi) is 9.30. The Morgan fingerprint density at radius 3 is 2.46 bits per heavy atom. The highest BCUT2D eigenvalue weighted by Gasteiger charge is 2.35. The zero-order valence-corrected chi connectivity index (χ0v) is 24.9. The van der Waals surface area contributed by atoms with Crippen molar-refractivity contribution in [1.82, 2.24) is 30.0 Å². The van der Waals surface area contributed by atoms with Crippen LogP contribution in [0, 0.1) is 11.6 Å². The van der Waals surface area contributed by atoms with E-state index in [0.717, 1.165) is 71.2 Å². The molecule has 1 aliphatic rings. The standard InChI is InChI=1S/C29H31BrClF2N7O/c1-37(18-29(41,19-40-20-34-35-36-40)25-10-7-22(32)15-28(25)33)16-21-5-8-23(9-6-21)39-13-11-38(12-14-39)17-24-26(30)3-2-4-27(24)31/h2-10,15,20,41H,11-14,16-19H2,1H3. The lowest BCUT2D eigenvalue weighted by Crippen LogP contribution is -2.46. The second-order valence-corrected chi connectivity index (χ2v) is 11.7. The van der Waals surface area contributed by atoms with Gasteiger partial charge in [-0.05, 0) is 58.9 Å².